The highest BCUT2D eigenvalue weighted by Gasteiger charge is 2.20. The number of nitrogens with two attached hydrogens (primary N) is 1. The molecule has 1 unspecified atom stereocenters. The molecule has 1 heterocycles. The van der Waals surface area contributed by atoms with Crippen LogP contribution in [0.1, 0.15) is 19.3 Å². The average molecular weight is 256 g/mol. The van der Waals surface area contributed by atoms with Crippen LogP contribution in [0.15, 0.2) is 12.1 Å². The minimum atomic E-state index is -0.993. The molecule has 0 amide bonds. The van der Waals surface area contributed by atoms with Crippen LogP contribution >= 0.6 is 0 Å². The molecule has 2 rings (SSSR count). The summed E-state index contributed by atoms with van der Waals surface area (Å²) in [6.45, 7) is 1.89. The molecule has 1 atom stereocenters. The summed E-state index contributed by atoms with van der Waals surface area (Å²) >= 11 is 0. The lowest BCUT2D eigenvalue weighted by molar-refractivity contribution is 0.175. The average Bonchev–Trinajstić information content (AvgIpc) is 2.55. The predicted molar refractivity (Wildman–Crippen MR) is 66.5 cm³/mol. The number of anilines is 1. The van der Waals surface area contributed by atoms with Crippen molar-refractivity contribution in [2.75, 3.05) is 25.9 Å². The Morgan fingerprint density at radius 2 is 2.06 bits per heavy atom. The van der Waals surface area contributed by atoms with E-state index in [2.05, 4.69) is 4.90 Å². The summed E-state index contributed by atoms with van der Waals surface area (Å²) in [5.74, 6) is -2.07. The van der Waals surface area contributed by atoms with Crippen molar-refractivity contribution in [2.24, 2.45) is 0 Å². The third kappa shape index (κ3) is 2.90. The molecule has 0 spiro atoms. The number of nitrogen functional groups attached to an aromatic ring is 1. The van der Waals surface area contributed by atoms with Gasteiger partial charge in [-0.15, -0.1) is 0 Å². The molecule has 0 aromatic heterocycles. The molecule has 1 saturated heterocycles. The summed E-state index contributed by atoms with van der Waals surface area (Å²) in [5, 5.41) is 0. The maximum absolute atomic E-state index is 13.6. The van der Waals surface area contributed by atoms with Crippen LogP contribution in [0.3, 0.4) is 0 Å². The molecule has 1 aliphatic heterocycles. The first-order chi connectivity index (χ1) is 8.58. The normalized spacial score (nSPS) is 21.6. The lowest BCUT2D eigenvalue weighted by Gasteiger charge is -2.19. The summed E-state index contributed by atoms with van der Waals surface area (Å²) in [5.41, 5.74) is 5.78. The molecule has 5 heteroatoms. The van der Waals surface area contributed by atoms with E-state index in [0.717, 1.165) is 38.4 Å². The van der Waals surface area contributed by atoms with Gasteiger partial charge < -0.3 is 15.4 Å². The highest BCUT2D eigenvalue weighted by Crippen LogP contribution is 2.29. The van der Waals surface area contributed by atoms with Crippen molar-refractivity contribution in [3.05, 3.63) is 23.8 Å². The fourth-order valence-corrected chi connectivity index (χ4v) is 2.16. The molecular formula is C13H18F2N2O. The first kappa shape index (κ1) is 13.1. The van der Waals surface area contributed by atoms with Gasteiger partial charge in [0.05, 0.1) is 5.69 Å². The molecule has 100 valence electrons. The molecule has 0 bridgehead atoms. The highest BCUT2D eigenvalue weighted by molar-refractivity contribution is 5.53. The van der Waals surface area contributed by atoms with Gasteiger partial charge >= 0.3 is 0 Å². The van der Waals surface area contributed by atoms with Gasteiger partial charge in [-0.25, -0.2) is 4.39 Å². The van der Waals surface area contributed by atoms with E-state index in [1.54, 1.807) is 0 Å². The van der Waals surface area contributed by atoms with Crippen molar-refractivity contribution < 1.29 is 13.5 Å². The Labute approximate surface area is 106 Å². The van der Waals surface area contributed by atoms with Crippen molar-refractivity contribution in [1.29, 1.82) is 0 Å². The number of likely N-dealkylation sites (tertiary alicyclic amines) is 1. The molecule has 18 heavy (non-hydrogen) atoms. The molecule has 1 aromatic carbocycles. The maximum atomic E-state index is 13.6. The molecular weight excluding hydrogens is 238 g/mol. The minimum Gasteiger partial charge on any atom is -0.485 e. The van der Waals surface area contributed by atoms with Crippen LogP contribution in [0.25, 0.3) is 0 Å². The lowest BCUT2D eigenvalue weighted by Crippen LogP contribution is -2.22. The Balaban J connectivity index is 2.11. The van der Waals surface area contributed by atoms with E-state index >= 15 is 0 Å². The van der Waals surface area contributed by atoms with Crippen LogP contribution in [-0.4, -0.2) is 31.1 Å². The Kier molecular flexibility index (Phi) is 4.01. The van der Waals surface area contributed by atoms with Gasteiger partial charge in [0, 0.05) is 6.54 Å². The molecule has 1 aliphatic rings. The summed E-state index contributed by atoms with van der Waals surface area (Å²) in [4.78, 5) is 2.20. The lowest BCUT2D eigenvalue weighted by atomic mass is 10.1. The Bertz CT molecular complexity index is 426. The summed E-state index contributed by atoms with van der Waals surface area (Å²) in [7, 11) is 2.04. The van der Waals surface area contributed by atoms with Crippen molar-refractivity contribution in [1.82, 2.24) is 4.90 Å². The van der Waals surface area contributed by atoms with Gasteiger partial charge in [-0.2, -0.15) is 4.39 Å². The van der Waals surface area contributed by atoms with Crippen molar-refractivity contribution in [3.63, 3.8) is 0 Å². The van der Waals surface area contributed by atoms with Crippen LogP contribution in [0, 0.1) is 11.6 Å². The van der Waals surface area contributed by atoms with Crippen LogP contribution in [0.4, 0.5) is 14.5 Å². The molecule has 2 N–H and O–H groups in total. The second kappa shape index (κ2) is 5.52. The van der Waals surface area contributed by atoms with E-state index in [-0.39, 0.29) is 17.5 Å². The predicted octanol–water partition coefficient (Wildman–Crippen LogP) is 2.41. The fourth-order valence-electron chi connectivity index (χ4n) is 2.16. The van der Waals surface area contributed by atoms with Gasteiger partial charge in [0.1, 0.15) is 6.10 Å². The zero-order valence-corrected chi connectivity index (χ0v) is 10.5. The molecule has 0 radical (unpaired) electrons. The Hall–Kier alpha value is -1.36. The fraction of sp³-hybridized carbons (Fsp3) is 0.538. The van der Waals surface area contributed by atoms with E-state index in [0.29, 0.717) is 0 Å². The highest BCUT2D eigenvalue weighted by atomic mass is 19.2. The number of halogens is 2. The number of hydrogen-bond donors (Lipinski definition) is 1. The van der Waals surface area contributed by atoms with Crippen LogP contribution in [0.5, 0.6) is 5.75 Å². The minimum absolute atomic E-state index is 0.103. The third-order valence-corrected chi connectivity index (χ3v) is 3.26. The number of rotatable bonds is 2. The number of nitrogens with zero attached hydrogens (tertiary/aromatic N) is 1. The zero-order valence-electron chi connectivity index (χ0n) is 10.5. The Morgan fingerprint density at radius 1 is 1.28 bits per heavy atom. The first-order valence-corrected chi connectivity index (χ1v) is 6.16. The van der Waals surface area contributed by atoms with Gasteiger partial charge in [0.2, 0.25) is 5.82 Å². The molecule has 0 aliphatic carbocycles. The van der Waals surface area contributed by atoms with Gasteiger partial charge in [-0.1, -0.05) is 0 Å². The second-order valence-corrected chi connectivity index (χ2v) is 4.75. The molecule has 1 fully saturated rings. The second-order valence-electron chi connectivity index (χ2n) is 4.75. The number of hydrogen-bond acceptors (Lipinski definition) is 3. The third-order valence-electron chi connectivity index (χ3n) is 3.26. The molecule has 0 saturated carbocycles. The summed E-state index contributed by atoms with van der Waals surface area (Å²) in [6, 6.07) is 2.34. The topological polar surface area (TPSA) is 38.5 Å². The van der Waals surface area contributed by atoms with Crippen LogP contribution in [-0.2, 0) is 0 Å². The molecule has 3 nitrogen and oxygen atoms in total. The van der Waals surface area contributed by atoms with Gasteiger partial charge in [0.25, 0.3) is 0 Å². The Morgan fingerprint density at radius 3 is 2.83 bits per heavy atom. The SMILES string of the molecule is CN1CCCC(Oc2c(N)ccc(F)c2F)CC1. The monoisotopic (exact) mass is 256 g/mol. The quantitative estimate of drug-likeness (QED) is 0.826. The maximum Gasteiger partial charge on any atom is 0.202 e. The van der Waals surface area contributed by atoms with E-state index in [1.165, 1.54) is 6.07 Å². The summed E-state index contributed by atoms with van der Waals surface area (Å²) in [6.07, 6.45) is 2.51. The van der Waals surface area contributed by atoms with Gasteiger partial charge in [0.15, 0.2) is 11.6 Å². The van der Waals surface area contributed by atoms with Crippen LogP contribution in [0.2, 0.25) is 0 Å². The molecule has 1 aromatic rings. The van der Waals surface area contributed by atoms with Gasteiger partial charge in [-0.05, 0) is 45.0 Å². The summed E-state index contributed by atoms with van der Waals surface area (Å²) < 4.78 is 32.3. The van der Waals surface area contributed by atoms with Crippen molar-refractivity contribution >= 4 is 5.69 Å². The van der Waals surface area contributed by atoms with Crippen molar-refractivity contribution in [2.45, 2.75) is 25.4 Å². The van der Waals surface area contributed by atoms with E-state index in [1.807, 2.05) is 7.05 Å². The smallest absolute Gasteiger partial charge is 0.202 e. The van der Waals surface area contributed by atoms with Crippen molar-refractivity contribution in [3.8, 4) is 5.75 Å². The standard InChI is InChI=1S/C13H18F2N2O/c1-17-7-2-3-9(6-8-17)18-13-11(16)5-4-10(14)12(13)15/h4-5,9H,2-3,6-8,16H2,1H3. The zero-order chi connectivity index (χ0) is 13.1. The first-order valence-electron chi connectivity index (χ1n) is 6.16. The largest absolute Gasteiger partial charge is 0.485 e. The van der Waals surface area contributed by atoms with E-state index < -0.39 is 11.6 Å². The van der Waals surface area contributed by atoms with Crippen LogP contribution < -0.4 is 10.5 Å². The number of ether oxygens (including phenoxy) is 1. The van der Waals surface area contributed by atoms with E-state index in [4.69, 9.17) is 10.5 Å². The number of benzene rings is 1. The van der Waals surface area contributed by atoms with E-state index in [9.17, 15) is 8.78 Å². The van der Waals surface area contributed by atoms with Gasteiger partial charge in [-0.3, -0.25) is 0 Å².